The van der Waals surface area contributed by atoms with Crippen LogP contribution in [0.15, 0.2) is 29.4 Å². The third kappa shape index (κ3) is 6.09. The van der Waals surface area contributed by atoms with Crippen molar-refractivity contribution in [3.05, 3.63) is 35.4 Å². The molecule has 0 fully saturated rings. The van der Waals surface area contributed by atoms with Gasteiger partial charge in [-0.2, -0.15) is 15.0 Å². The Kier molecular flexibility index (Phi) is 8.70. The van der Waals surface area contributed by atoms with E-state index in [1.54, 1.807) is 0 Å². The van der Waals surface area contributed by atoms with Gasteiger partial charge < -0.3 is 10.6 Å². The molecule has 2 aromatic rings. The van der Waals surface area contributed by atoms with Crippen molar-refractivity contribution in [1.29, 1.82) is 0 Å². The molecule has 1 heterocycles. The van der Waals surface area contributed by atoms with Crippen molar-refractivity contribution in [1.82, 2.24) is 15.0 Å². The summed E-state index contributed by atoms with van der Waals surface area (Å²) < 4.78 is 0. The Morgan fingerprint density at radius 3 is 2.04 bits per heavy atom. The molecule has 0 aliphatic carbocycles. The van der Waals surface area contributed by atoms with Gasteiger partial charge in [0.25, 0.3) is 0 Å². The fourth-order valence-electron chi connectivity index (χ4n) is 1.85. The number of carbonyl (C=O) groups is 1. The van der Waals surface area contributed by atoms with Gasteiger partial charge in [-0.15, -0.1) is 17.0 Å². The minimum Gasteiger partial charge on any atom is -0.354 e. The second-order valence-electron chi connectivity index (χ2n) is 4.90. The van der Waals surface area contributed by atoms with Crippen molar-refractivity contribution in [2.24, 2.45) is 0 Å². The van der Waals surface area contributed by atoms with Crippen molar-refractivity contribution in [3.8, 4) is 0 Å². The van der Waals surface area contributed by atoms with E-state index in [1.165, 1.54) is 11.8 Å². The van der Waals surface area contributed by atoms with E-state index in [9.17, 15) is 4.79 Å². The van der Waals surface area contributed by atoms with Gasteiger partial charge in [0.05, 0.1) is 5.75 Å². The van der Waals surface area contributed by atoms with Crippen LogP contribution in [0.2, 0.25) is 0 Å². The Balaban J connectivity index is 0.00000288. The first kappa shape index (κ1) is 20.4. The second-order valence-corrected chi connectivity index (χ2v) is 5.85. The second kappa shape index (κ2) is 10.2. The highest BCUT2D eigenvalue weighted by molar-refractivity contribution is 8.93. The molecule has 0 unspecified atom stereocenters. The Bertz CT molecular complexity index is 642. The number of hydrogen-bond donors (Lipinski definition) is 2. The van der Waals surface area contributed by atoms with Gasteiger partial charge >= 0.3 is 0 Å². The highest BCUT2D eigenvalue weighted by Crippen LogP contribution is 2.18. The van der Waals surface area contributed by atoms with Gasteiger partial charge in [-0.1, -0.05) is 41.6 Å². The molecule has 0 radical (unpaired) electrons. The van der Waals surface area contributed by atoms with E-state index in [4.69, 9.17) is 0 Å². The highest BCUT2D eigenvalue weighted by Gasteiger charge is 2.10. The molecule has 0 saturated heterocycles. The molecule has 0 aliphatic rings. The molecule has 0 spiro atoms. The van der Waals surface area contributed by atoms with E-state index in [1.807, 2.05) is 45.0 Å². The molecule has 1 aromatic heterocycles. The van der Waals surface area contributed by atoms with Crippen molar-refractivity contribution in [2.75, 3.05) is 29.5 Å². The van der Waals surface area contributed by atoms with E-state index >= 15 is 0 Å². The molecule has 0 aliphatic heterocycles. The van der Waals surface area contributed by atoms with Crippen LogP contribution in [-0.2, 0) is 0 Å². The lowest BCUT2D eigenvalue weighted by Crippen LogP contribution is -2.10. The number of halogens is 1. The first-order valence-corrected chi connectivity index (χ1v) is 8.57. The predicted octanol–water partition coefficient (Wildman–Crippen LogP) is 3.60. The number of Topliss-reactive ketones (excluding diaryl/α,β-unsaturated/α-hetero) is 1. The van der Waals surface area contributed by atoms with Crippen LogP contribution in [0.25, 0.3) is 0 Å². The van der Waals surface area contributed by atoms with Crippen LogP contribution in [-0.4, -0.2) is 39.6 Å². The lowest BCUT2D eigenvalue weighted by molar-refractivity contribution is 0.102. The number of thioether (sulfide) groups is 1. The summed E-state index contributed by atoms with van der Waals surface area (Å²) in [6.45, 7) is 7.40. The van der Waals surface area contributed by atoms with Crippen molar-refractivity contribution < 1.29 is 4.79 Å². The number of ketones is 1. The van der Waals surface area contributed by atoms with Gasteiger partial charge in [0.15, 0.2) is 10.9 Å². The minimum absolute atomic E-state index is 0. The number of rotatable bonds is 8. The highest BCUT2D eigenvalue weighted by atomic mass is 79.9. The summed E-state index contributed by atoms with van der Waals surface area (Å²) in [6, 6.07) is 7.57. The smallest absolute Gasteiger partial charge is 0.228 e. The summed E-state index contributed by atoms with van der Waals surface area (Å²) in [7, 11) is 0. The van der Waals surface area contributed by atoms with E-state index < -0.39 is 0 Å². The van der Waals surface area contributed by atoms with Gasteiger partial charge in [-0.3, -0.25) is 4.79 Å². The Morgan fingerprint density at radius 2 is 1.54 bits per heavy atom. The molecule has 2 N–H and O–H groups in total. The summed E-state index contributed by atoms with van der Waals surface area (Å²) in [6.07, 6.45) is 0. The Hall–Kier alpha value is -1.67. The summed E-state index contributed by atoms with van der Waals surface area (Å²) >= 11 is 1.32. The Morgan fingerprint density at radius 1 is 1.00 bits per heavy atom. The van der Waals surface area contributed by atoms with Crippen molar-refractivity contribution in [2.45, 2.75) is 25.9 Å². The summed E-state index contributed by atoms with van der Waals surface area (Å²) in [4.78, 5) is 25.1. The average molecular weight is 412 g/mol. The topological polar surface area (TPSA) is 79.8 Å². The summed E-state index contributed by atoms with van der Waals surface area (Å²) in [5, 5.41) is 6.68. The summed E-state index contributed by atoms with van der Waals surface area (Å²) in [5.74, 6) is 1.39. The zero-order chi connectivity index (χ0) is 16.7. The monoisotopic (exact) mass is 411 g/mol. The zero-order valence-electron chi connectivity index (χ0n) is 14.0. The number of aromatic nitrogens is 3. The number of carbonyl (C=O) groups excluding carboxylic acids is 1. The van der Waals surface area contributed by atoms with Crippen LogP contribution in [0.5, 0.6) is 0 Å². The van der Waals surface area contributed by atoms with Gasteiger partial charge in [-0.05, 0) is 20.8 Å². The maximum Gasteiger partial charge on any atom is 0.228 e. The third-order valence-electron chi connectivity index (χ3n) is 2.99. The molecule has 1 aromatic carbocycles. The number of nitrogens with zero attached hydrogens (tertiary/aromatic N) is 3. The van der Waals surface area contributed by atoms with E-state index in [0.717, 1.165) is 18.7 Å². The lowest BCUT2D eigenvalue weighted by atomic mass is 10.1. The Labute approximate surface area is 157 Å². The molecule has 2 rings (SSSR count). The van der Waals surface area contributed by atoms with Crippen LogP contribution in [0.3, 0.4) is 0 Å². The standard InChI is InChI=1S/C16H21N5OS.BrH/c1-4-17-14-19-15(18-5-2)21-16(20-14)23-10-13(22)12-8-6-11(3)7-9-12;/h6-9H,4-5,10H2,1-3H3,(H2,17,18,19,20,21);1H. The van der Waals surface area contributed by atoms with Crippen molar-refractivity contribution >= 4 is 46.4 Å². The van der Waals surface area contributed by atoms with E-state index in [2.05, 4.69) is 25.6 Å². The van der Waals surface area contributed by atoms with Gasteiger partial charge in [0, 0.05) is 18.7 Å². The lowest BCUT2D eigenvalue weighted by Gasteiger charge is -2.08. The SMILES string of the molecule is Br.CCNc1nc(NCC)nc(SCC(=O)c2ccc(C)cc2)n1. The number of anilines is 2. The molecule has 0 amide bonds. The van der Waals surface area contributed by atoms with Gasteiger partial charge in [-0.25, -0.2) is 0 Å². The molecular formula is C16H22BrN5OS. The van der Waals surface area contributed by atoms with Crippen LogP contribution in [0.4, 0.5) is 11.9 Å². The minimum atomic E-state index is 0. The third-order valence-corrected chi connectivity index (χ3v) is 3.84. The van der Waals surface area contributed by atoms with Gasteiger partial charge in [0.1, 0.15) is 0 Å². The largest absolute Gasteiger partial charge is 0.354 e. The molecule has 0 atom stereocenters. The number of hydrogen-bond acceptors (Lipinski definition) is 7. The molecule has 24 heavy (non-hydrogen) atoms. The maximum atomic E-state index is 12.2. The van der Waals surface area contributed by atoms with Crippen LogP contribution < -0.4 is 10.6 Å². The predicted molar refractivity (Wildman–Crippen MR) is 105 cm³/mol. The fourth-order valence-corrected chi connectivity index (χ4v) is 2.58. The van der Waals surface area contributed by atoms with Crippen molar-refractivity contribution in [3.63, 3.8) is 0 Å². The van der Waals surface area contributed by atoms with E-state index in [0.29, 0.717) is 28.4 Å². The molecule has 8 heteroatoms. The van der Waals surface area contributed by atoms with Crippen LogP contribution >= 0.6 is 28.7 Å². The zero-order valence-corrected chi connectivity index (χ0v) is 16.5. The molecule has 0 bridgehead atoms. The number of aryl methyl sites for hydroxylation is 1. The van der Waals surface area contributed by atoms with E-state index in [-0.39, 0.29) is 22.8 Å². The molecular weight excluding hydrogens is 390 g/mol. The molecule has 0 saturated carbocycles. The quantitative estimate of drug-likeness (QED) is 0.507. The average Bonchev–Trinajstić information content (AvgIpc) is 2.54. The first-order valence-electron chi connectivity index (χ1n) is 7.58. The number of nitrogens with one attached hydrogen (secondary N) is 2. The normalized spacial score (nSPS) is 9.96. The first-order chi connectivity index (χ1) is 11.1. The fraction of sp³-hybridized carbons (Fsp3) is 0.375. The number of benzene rings is 1. The molecule has 6 nitrogen and oxygen atoms in total. The van der Waals surface area contributed by atoms with Gasteiger partial charge in [0.2, 0.25) is 11.9 Å². The van der Waals surface area contributed by atoms with Crippen LogP contribution in [0.1, 0.15) is 29.8 Å². The maximum absolute atomic E-state index is 12.2. The molecule has 130 valence electrons. The van der Waals surface area contributed by atoms with Crippen LogP contribution in [0, 0.1) is 6.92 Å². The summed E-state index contributed by atoms with van der Waals surface area (Å²) in [5.41, 5.74) is 1.84.